The number of halogens is 2. The van der Waals surface area contributed by atoms with Crippen LogP contribution in [0.15, 0.2) is 18.2 Å². The van der Waals surface area contributed by atoms with Crippen LogP contribution in [0.4, 0.5) is 0 Å². The largest absolute Gasteiger partial charge is 0.481 e. The van der Waals surface area contributed by atoms with Gasteiger partial charge in [-0.2, -0.15) is 0 Å². The lowest BCUT2D eigenvalue weighted by molar-refractivity contribution is -0.160. The maximum atomic E-state index is 12.3. The molecular weight excluding hydrogens is 405 g/mol. The molecular formula is C20H27Cl2NO5. The van der Waals surface area contributed by atoms with Crippen molar-refractivity contribution in [3.05, 3.63) is 28.2 Å². The fraction of sp³-hybridized carbons (Fsp3) is 0.600. The third kappa shape index (κ3) is 6.54. The predicted molar refractivity (Wildman–Crippen MR) is 108 cm³/mol. The van der Waals surface area contributed by atoms with Gasteiger partial charge in [0, 0.05) is 18.5 Å². The molecule has 0 unspecified atom stereocenters. The van der Waals surface area contributed by atoms with Gasteiger partial charge in [0.1, 0.15) is 11.4 Å². The minimum absolute atomic E-state index is 0.210. The topological polar surface area (TPSA) is 84.9 Å². The third-order valence-electron chi connectivity index (χ3n) is 4.51. The number of benzene rings is 1. The molecule has 1 amide bonds. The second-order valence-corrected chi connectivity index (χ2v) is 8.92. The lowest BCUT2D eigenvalue weighted by atomic mass is 10.0. The maximum Gasteiger partial charge on any atom is 0.309 e. The number of amides is 1. The van der Waals surface area contributed by atoms with Gasteiger partial charge in [0.2, 0.25) is 0 Å². The van der Waals surface area contributed by atoms with Gasteiger partial charge in [0.05, 0.1) is 22.1 Å². The molecule has 0 aliphatic heterocycles. The van der Waals surface area contributed by atoms with Gasteiger partial charge in [-0.05, 0) is 52.7 Å². The molecule has 0 spiro atoms. The lowest BCUT2D eigenvalue weighted by Crippen LogP contribution is -2.40. The van der Waals surface area contributed by atoms with E-state index in [-0.39, 0.29) is 30.3 Å². The molecule has 1 aromatic carbocycles. The molecule has 1 saturated carbocycles. The van der Waals surface area contributed by atoms with Crippen LogP contribution in [0.25, 0.3) is 0 Å². The van der Waals surface area contributed by atoms with E-state index in [1.165, 1.54) is 0 Å². The van der Waals surface area contributed by atoms with E-state index in [4.69, 9.17) is 32.7 Å². The van der Waals surface area contributed by atoms with Crippen LogP contribution in [-0.4, -0.2) is 41.3 Å². The minimum atomic E-state index is -0.752. The highest BCUT2D eigenvalue weighted by Crippen LogP contribution is 2.33. The van der Waals surface area contributed by atoms with Gasteiger partial charge in [-0.3, -0.25) is 9.59 Å². The molecule has 156 valence electrons. The van der Waals surface area contributed by atoms with E-state index < -0.39 is 17.8 Å². The van der Waals surface area contributed by atoms with Crippen LogP contribution in [0.2, 0.25) is 10.0 Å². The number of nitrogens with one attached hydrogen (secondary N) is 1. The van der Waals surface area contributed by atoms with E-state index in [0.717, 1.165) is 0 Å². The first-order valence-corrected chi connectivity index (χ1v) is 10.0. The molecule has 1 aliphatic rings. The van der Waals surface area contributed by atoms with Crippen molar-refractivity contribution in [1.82, 2.24) is 5.32 Å². The van der Waals surface area contributed by atoms with Crippen molar-refractivity contribution in [2.75, 3.05) is 6.54 Å². The van der Waals surface area contributed by atoms with Crippen LogP contribution < -0.4 is 10.1 Å². The Morgan fingerprint density at radius 2 is 1.93 bits per heavy atom. The Balaban J connectivity index is 1.83. The molecule has 0 radical (unpaired) electrons. The molecule has 8 heteroatoms. The van der Waals surface area contributed by atoms with Gasteiger partial charge in [-0.15, -0.1) is 0 Å². The molecule has 2 rings (SSSR count). The van der Waals surface area contributed by atoms with Crippen LogP contribution in [0.1, 0.15) is 40.5 Å². The molecule has 6 nitrogen and oxygen atoms in total. The average Bonchev–Trinajstić information content (AvgIpc) is 2.95. The number of rotatable bonds is 6. The fourth-order valence-electron chi connectivity index (χ4n) is 3.08. The summed E-state index contributed by atoms with van der Waals surface area (Å²) in [5.41, 5.74) is -0.564. The van der Waals surface area contributed by atoms with Gasteiger partial charge >= 0.3 is 5.97 Å². The number of aliphatic hydroxyl groups excluding tert-OH is 1. The monoisotopic (exact) mass is 431 g/mol. The summed E-state index contributed by atoms with van der Waals surface area (Å²) in [5.74, 6) is -0.765. The first-order chi connectivity index (χ1) is 13.0. The SMILES string of the molecule is C[C@H](Oc1ccc(Cl)c(Cl)c1)C(=O)NC[C@@H]1C[C@H](C(=O)OC(C)(C)C)C[C@@H]1O. The Kier molecular flexibility index (Phi) is 7.59. The minimum Gasteiger partial charge on any atom is -0.481 e. The van der Waals surface area contributed by atoms with Crippen molar-refractivity contribution >= 4 is 35.1 Å². The van der Waals surface area contributed by atoms with Crippen molar-refractivity contribution in [2.45, 2.75) is 58.3 Å². The average molecular weight is 432 g/mol. The number of esters is 1. The Morgan fingerprint density at radius 1 is 1.25 bits per heavy atom. The van der Waals surface area contributed by atoms with Crippen molar-refractivity contribution in [2.24, 2.45) is 11.8 Å². The lowest BCUT2D eigenvalue weighted by Gasteiger charge is -2.22. The second kappa shape index (κ2) is 9.33. The van der Waals surface area contributed by atoms with E-state index in [1.807, 2.05) is 20.8 Å². The highest BCUT2D eigenvalue weighted by atomic mass is 35.5. The molecule has 4 atom stereocenters. The van der Waals surface area contributed by atoms with Crippen LogP contribution in [0.3, 0.4) is 0 Å². The summed E-state index contributed by atoms with van der Waals surface area (Å²) in [7, 11) is 0. The zero-order valence-electron chi connectivity index (χ0n) is 16.5. The van der Waals surface area contributed by atoms with E-state index in [9.17, 15) is 14.7 Å². The predicted octanol–water partition coefficient (Wildman–Crippen LogP) is 3.61. The van der Waals surface area contributed by atoms with E-state index in [2.05, 4.69) is 5.32 Å². The Labute approximate surface area is 175 Å². The van der Waals surface area contributed by atoms with Crippen LogP contribution in [0, 0.1) is 11.8 Å². The first-order valence-electron chi connectivity index (χ1n) is 9.26. The van der Waals surface area contributed by atoms with Crippen LogP contribution >= 0.6 is 23.2 Å². The molecule has 0 saturated heterocycles. The van der Waals surface area contributed by atoms with E-state index in [0.29, 0.717) is 28.6 Å². The van der Waals surface area contributed by atoms with Crippen LogP contribution in [0.5, 0.6) is 5.75 Å². The Morgan fingerprint density at radius 3 is 2.54 bits per heavy atom. The molecule has 28 heavy (non-hydrogen) atoms. The summed E-state index contributed by atoms with van der Waals surface area (Å²) in [6, 6.07) is 4.76. The molecule has 2 N–H and O–H groups in total. The molecule has 0 heterocycles. The second-order valence-electron chi connectivity index (χ2n) is 8.11. The highest BCUT2D eigenvalue weighted by molar-refractivity contribution is 6.42. The molecule has 0 aromatic heterocycles. The highest BCUT2D eigenvalue weighted by Gasteiger charge is 2.39. The summed E-state index contributed by atoms with van der Waals surface area (Å²) >= 11 is 11.8. The van der Waals surface area contributed by atoms with Gasteiger partial charge in [-0.1, -0.05) is 23.2 Å². The molecule has 1 aromatic rings. The summed E-state index contributed by atoms with van der Waals surface area (Å²) in [6.07, 6.45) is -0.607. The number of aliphatic hydroxyl groups is 1. The van der Waals surface area contributed by atoms with Crippen molar-refractivity contribution in [3.8, 4) is 5.75 Å². The fourth-order valence-corrected chi connectivity index (χ4v) is 3.37. The smallest absolute Gasteiger partial charge is 0.309 e. The summed E-state index contributed by atoms with van der Waals surface area (Å²) in [5, 5.41) is 13.8. The number of ether oxygens (including phenoxy) is 2. The van der Waals surface area contributed by atoms with E-state index >= 15 is 0 Å². The van der Waals surface area contributed by atoms with Gasteiger partial charge in [0.25, 0.3) is 5.91 Å². The maximum absolute atomic E-state index is 12.3. The van der Waals surface area contributed by atoms with Crippen molar-refractivity contribution in [3.63, 3.8) is 0 Å². The summed E-state index contributed by atoms with van der Waals surface area (Å²) < 4.78 is 11.0. The molecule has 0 bridgehead atoms. The summed E-state index contributed by atoms with van der Waals surface area (Å²) in [4.78, 5) is 24.5. The zero-order chi connectivity index (χ0) is 21.1. The van der Waals surface area contributed by atoms with Crippen molar-refractivity contribution in [1.29, 1.82) is 0 Å². The standard InChI is InChI=1S/C20H27Cl2NO5/c1-11(27-14-5-6-15(21)16(22)9-14)18(25)23-10-13-7-12(8-17(13)24)19(26)28-20(2,3)4/h5-6,9,11-13,17,24H,7-8,10H2,1-4H3,(H,23,25)/t11-,12-,13-,17-/m0/s1. The Hall–Kier alpha value is -1.50. The van der Waals surface area contributed by atoms with Gasteiger partial charge in [-0.25, -0.2) is 0 Å². The quantitative estimate of drug-likeness (QED) is 0.671. The van der Waals surface area contributed by atoms with E-state index in [1.54, 1.807) is 25.1 Å². The molecule has 1 fully saturated rings. The Bertz CT molecular complexity index is 719. The van der Waals surface area contributed by atoms with Crippen LogP contribution in [-0.2, 0) is 14.3 Å². The van der Waals surface area contributed by atoms with Crippen molar-refractivity contribution < 1.29 is 24.2 Å². The normalized spacial score (nSPS) is 23.2. The zero-order valence-corrected chi connectivity index (χ0v) is 18.0. The number of hydrogen-bond acceptors (Lipinski definition) is 5. The van der Waals surface area contributed by atoms with Gasteiger partial charge < -0.3 is 19.9 Å². The number of carbonyl (C=O) groups is 2. The number of hydrogen-bond donors (Lipinski definition) is 2. The number of carbonyl (C=O) groups excluding carboxylic acids is 2. The first kappa shape index (κ1) is 22.8. The third-order valence-corrected chi connectivity index (χ3v) is 5.25. The summed E-state index contributed by atoms with van der Waals surface area (Å²) in [6.45, 7) is 7.30. The van der Waals surface area contributed by atoms with Gasteiger partial charge in [0.15, 0.2) is 6.10 Å². The molecule has 1 aliphatic carbocycles.